The number of aliphatic hydroxyl groups is 1. The SMILES string of the molecule is C=C(C)C(=O)OCCSCC(C)C12OC(=O)CC1CC(O)O2. The molecule has 0 aromatic carbocycles. The lowest BCUT2D eigenvalue weighted by atomic mass is 9.88. The van der Waals surface area contributed by atoms with E-state index in [4.69, 9.17) is 14.2 Å². The van der Waals surface area contributed by atoms with Crippen LogP contribution in [0.15, 0.2) is 12.2 Å². The first kappa shape index (κ1) is 17.3. The van der Waals surface area contributed by atoms with Gasteiger partial charge in [-0.25, -0.2) is 4.79 Å². The Hall–Kier alpha value is -1.05. The summed E-state index contributed by atoms with van der Waals surface area (Å²) in [6.45, 7) is 7.37. The molecule has 2 saturated heterocycles. The molecule has 4 atom stereocenters. The molecule has 0 aromatic rings. The molecule has 2 aliphatic heterocycles. The number of esters is 2. The molecule has 0 amide bonds. The Morgan fingerprint density at radius 2 is 2.36 bits per heavy atom. The van der Waals surface area contributed by atoms with Crippen molar-refractivity contribution in [3.05, 3.63) is 12.2 Å². The summed E-state index contributed by atoms with van der Waals surface area (Å²) in [5, 5.41) is 9.67. The van der Waals surface area contributed by atoms with Crippen molar-refractivity contribution in [1.82, 2.24) is 0 Å². The number of ether oxygens (including phenoxy) is 3. The number of carbonyl (C=O) groups excluding carboxylic acids is 2. The fourth-order valence-electron chi connectivity index (χ4n) is 2.83. The van der Waals surface area contributed by atoms with Gasteiger partial charge in [-0.05, 0) is 6.92 Å². The zero-order valence-corrected chi connectivity index (χ0v) is 13.7. The molecule has 2 heterocycles. The Balaban J connectivity index is 1.77. The highest BCUT2D eigenvalue weighted by Crippen LogP contribution is 2.48. The molecule has 124 valence electrons. The first-order chi connectivity index (χ1) is 10.3. The second kappa shape index (κ2) is 7.02. The molecular weight excluding hydrogens is 308 g/mol. The summed E-state index contributed by atoms with van der Waals surface area (Å²) in [6, 6.07) is 0. The predicted molar refractivity (Wildman–Crippen MR) is 80.9 cm³/mol. The van der Waals surface area contributed by atoms with Crippen molar-refractivity contribution >= 4 is 23.7 Å². The quantitative estimate of drug-likeness (QED) is 0.430. The van der Waals surface area contributed by atoms with E-state index in [0.717, 1.165) is 0 Å². The molecule has 22 heavy (non-hydrogen) atoms. The van der Waals surface area contributed by atoms with E-state index in [1.54, 1.807) is 18.7 Å². The minimum atomic E-state index is -1.00. The molecule has 0 spiro atoms. The molecule has 2 aliphatic rings. The van der Waals surface area contributed by atoms with Crippen LogP contribution in [-0.4, -0.2) is 47.2 Å². The molecule has 2 rings (SSSR count). The summed E-state index contributed by atoms with van der Waals surface area (Å²) in [5.74, 6) is -0.488. The normalized spacial score (nSPS) is 31.5. The van der Waals surface area contributed by atoms with Gasteiger partial charge in [-0.2, -0.15) is 11.8 Å². The maximum absolute atomic E-state index is 11.5. The molecule has 0 saturated carbocycles. The Morgan fingerprint density at radius 3 is 3.05 bits per heavy atom. The van der Waals surface area contributed by atoms with Gasteiger partial charge in [0.05, 0.1) is 6.42 Å². The van der Waals surface area contributed by atoms with Crippen LogP contribution in [0.1, 0.15) is 26.7 Å². The number of hydrogen-bond acceptors (Lipinski definition) is 7. The molecule has 4 unspecified atom stereocenters. The summed E-state index contributed by atoms with van der Waals surface area (Å²) in [4.78, 5) is 22.8. The molecule has 0 bridgehead atoms. The maximum Gasteiger partial charge on any atom is 0.333 e. The lowest BCUT2D eigenvalue weighted by Crippen LogP contribution is -2.42. The van der Waals surface area contributed by atoms with Crippen LogP contribution in [0.3, 0.4) is 0 Å². The fourth-order valence-corrected chi connectivity index (χ4v) is 3.78. The second-order valence-corrected chi connectivity index (χ2v) is 6.95. The molecule has 7 heteroatoms. The number of rotatable bonds is 7. The van der Waals surface area contributed by atoms with Gasteiger partial charge in [0, 0.05) is 35.3 Å². The lowest BCUT2D eigenvalue weighted by molar-refractivity contribution is -0.263. The van der Waals surface area contributed by atoms with E-state index in [-0.39, 0.29) is 23.8 Å². The zero-order chi connectivity index (χ0) is 16.3. The Kier molecular flexibility index (Phi) is 5.52. The summed E-state index contributed by atoms with van der Waals surface area (Å²) in [6.07, 6.45) is -0.152. The van der Waals surface area contributed by atoms with Gasteiger partial charge < -0.3 is 19.3 Å². The summed E-state index contributed by atoms with van der Waals surface area (Å²) < 4.78 is 15.9. The van der Waals surface area contributed by atoms with Crippen LogP contribution in [0.5, 0.6) is 0 Å². The minimum Gasteiger partial charge on any atom is -0.461 e. The Bertz CT molecular complexity index is 465. The van der Waals surface area contributed by atoms with Crippen molar-refractivity contribution in [2.75, 3.05) is 18.1 Å². The van der Waals surface area contributed by atoms with Gasteiger partial charge in [-0.3, -0.25) is 4.79 Å². The zero-order valence-electron chi connectivity index (χ0n) is 12.9. The molecule has 2 fully saturated rings. The van der Waals surface area contributed by atoms with Gasteiger partial charge in [0.2, 0.25) is 5.79 Å². The van der Waals surface area contributed by atoms with Crippen LogP contribution in [0.2, 0.25) is 0 Å². The van der Waals surface area contributed by atoms with E-state index in [9.17, 15) is 14.7 Å². The van der Waals surface area contributed by atoms with Crippen molar-refractivity contribution in [2.45, 2.75) is 38.8 Å². The monoisotopic (exact) mass is 330 g/mol. The third-order valence-corrected chi connectivity index (χ3v) is 5.12. The van der Waals surface area contributed by atoms with Crippen molar-refractivity contribution < 1.29 is 28.9 Å². The van der Waals surface area contributed by atoms with Crippen molar-refractivity contribution in [3.8, 4) is 0 Å². The van der Waals surface area contributed by atoms with Crippen LogP contribution in [0.4, 0.5) is 0 Å². The number of fused-ring (bicyclic) bond motifs is 1. The topological polar surface area (TPSA) is 82.1 Å². The maximum atomic E-state index is 11.5. The highest BCUT2D eigenvalue weighted by molar-refractivity contribution is 7.99. The summed E-state index contributed by atoms with van der Waals surface area (Å²) in [5.41, 5.74) is 0.381. The molecule has 0 aliphatic carbocycles. The molecule has 0 radical (unpaired) electrons. The highest BCUT2D eigenvalue weighted by Gasteiger charge is 2.59. The Morgan fingerprint density at radius 1 is 1.64 bits per heavy atom. The molecular formula is C15H22O6S. The van der Waals surface area contributed by atoms with Gasteiger partial charge in [0.1, 0.15) is 6.61 Å². The van der Waals surface area contributed by atoms with Gasteiger partial charge >= 0.3 is 11.9 Å². The van der Waals surface area contributed by atoms with E-state index < -0.39 is 12.1 Å². The average Bonchev–Trinajstić information content (AvgIpc) is 2.89. The largest absolute Gasteiger partial charge is 0.461 e. The van der Waals surface area contributed by atoms with Gasteiger partial charge in [0.25, 0.3) is 0 Å². The second-order valence-electron chi connectivity index (χ2n) is 5.80. The van der Waals surface area contributed by atoms with Crippen LogP contribution in [0.25, 0.3) is 0 Å². The van der Waals surface area contributed by atoms with Crippen molar-refractivity contribution in [2.24, 2.45) is 11.8 Å². The van der Waals surface area contributed by atoms with E-state index in [0.29, 0.717) is 36.5 Å². The van der Waals surface area contributed by atoms with Crippen LogP contribution in [0, 0.1) is 11.8 Å². The number of hydrogen-bond donors (Lipinski definition) is 1. The summed E-state index contributed by atoms with van der Waals surface area (Å²) >= 11 is 1.59. The van der Waals surface area contributed by atoms with E-state index in [1.807, 2.05) is 6.92 Å². The van der Waals surface area contributed by atoms with Crippen molar-refractivity contribution in [1.29, 1.82) is 0 Å². The number of thioether (sulfide) groups is 1. The van der Waals surface area contributed by atoms with Crippen LogP contribution < -0.4 is 0 Å². The Labute approximate surface area is 134 Å². The molecule has 0 aromatic heterocycles. The first-order valence-corrected chi connectivity index (χ1v) is 8.48. The molecule has 6 nitrogen and oxygen atoms in total. The third-order valence-electron chi connectivity index (χ3n) is 3.93. The highest BCUT2D eigenvalue weighted by atomic mass is 32.2. The first-order valence-electron chi connectivity index (χ1n) is 7.33. The fraction of sp³-hybridized carbons (Fsp3) is 0.733. The summed E-state index contributed by atoms with van der Waals surface area (Å²) in [7, 11) is 0. The lowest BCUT2D eigenvalue weighted by Gasteiger charge is -2.32. The third kappa shape index (κ3) is 3.64. The standard InChI is InChI=1S/C15H22O6S/c1-9(2)14(18)19-4-5-22-8-10(3)15-11(6-12(16)20-15)7-13(17)21-15/h10-12,16H,1,4-8H2,2-3H3. The smallest absolute Gasteiger partial charge is 0.333 e. The van der Waals surface area contributed by atoms with Gasteiger partial charge in [0.15, 0.2) is 6.29 Å². The van der Waals surface area contributed by atoms with Gasteiger partial charge in [-0.15, -0.1) is 0 Å². The minimum absolute atomic E-state index is 0.0528. The van der Waals surface area contributed by atoms with Crippen LogP contribution in [-0.2, 0) is 23.8 Å². The number of aliphatic hydroxyl groups excluding tert-OH is 1. The van der Waals surface area contributed by atoms with E-state index in [1.165, 1.54) is 0 Å². The van der Waals surface area contributed by atoms with Gasteiger partial charge in [-0.1, -0.05) is 13.5 Å². The van der Waals surface area contributed by atoms with Crippen LogP contribution >= 0.6 is 11.8 Å². The molecule has 1 N–H and O–H groups in total. The van der Waals surface area contributed by atoms with Crippen molar-refractivity contribution in [3.63, 3.8) is 0 Å². The average molecular weight is 330 g/mol. The predicted octanol–water partition coefficient (Wildman–Crippen LogP) is 1.47. The number of carbonyl (C=O) groups is 2. The van der Waals surface area contributed by atoms with E-state index >= 15 is 0 Å². The van der Waals surface area contributed by atoms with E-state index in [2.05, 4.69) is 6.58 Å².